The molecular weight excluding hydrogens is 282 g/mol. The Hall–Kier alpha value is -3.15. The van der Waals surface area contributed by atoms with Crippen molar-refractivity contribution in [2.24, 2.45) is 0 Å². The maximum atomic E-state index is 10.9. The van der Waals surface area contributed by atoms with Crippen molar-refractivity contribution in [1.29, 1.82) is 0 Å². The highest BCUT2D eigenvalue weighted by Gasteiger charge is 2.12. The number of pyridine rings is 1. The summed E-state index contributed by atoms with van der Waals surface area (Å²) in [7, 11) is 1.63. The lowest BCUT2D eigenvalue weighted by Crippen LogP contribution is -1.89. The van der Waals surface area contributed by atoms with E-state index in [0.29, 0.717) is 0 Å². The van der Waals surface area contributed by atoms with E-state index >= 15 is 0 Å². The average Bonchev–Trinajstić information content (AvgIpc) is 2.92. The molecule has 0 bridgehead atoms. The second kappa shape index (κ2) is 4.42. The monoisotopic (exact) mass is 293 g/mol. The topological polar surface area (TPSA) is 69.7 Å². The summed E-state index contributed by atoms with van der Waals surface area (Å²) in [5.41, 5.74) is 2.29. The third kappa shape index (κ3) is 1.70. The van der Waals surface area contributed by atoms with Crippen LogP contribution in [0.2, 0.25) is 0 Å². The molecule has 4 rings (SSSR count). The first kappa shape index (κ1) is 12.6. The number of aromatic nitrogens is 2. The molecule has 0 aliphatic carbocycles. The number of nitro benzene ring substituents is 1. The number of nitro groups is 1. The van der Waals surface area contributed by atoms with Gasteiger partial charge in [0.05, 0.1) is 23.1 Å². The van der Waals surface area contributed by atoms with Crippen LogP contribution in [-0.4, -0.2) is 21.4 Å². The molecule has 0 spiro atoms. The molecule has 0 atom stereocenters. The van der Waals surface area contributed by atoms with Gasteiger partial charge in [-0.05, 0) is 35.7 Å². The second-order valence-corrected chi connectivity index (χ2v) is 5.00. The maximum absolute atomic E-state index is 10.9. The second-order valence-electron chi connectivity index (χ2n) is 5.00. The number of imidazole rings is 1. The number of non-ortho nitro benzene ring substituents is 1. The van der Waals surface area contributed by atoms with Gasteiger partial charge in [-0.2, -0.15) is 0 Å². The van der Waals surface area contributed by atoms with Crippen LogP contribution < -0.4 is 4.74 Å². The molecule has 4 aromatic rings. The summed E-state index contributed by atoms with van der Waals surface area (Å²) >= 11 is 0. The van der Waals surface area contributed by atoms with E-state index in [4.69, 9.17) is 4.74 Å². The largest absolute Gasteiger partial charge is 0.497 e. The van der Waals surface area contributed by atoms with Crippen molar-refractivity contribution in [2.45, 2.75) is 0 Å². The first-order valence-electron chi connectivity index (χ1n) is 6.70. The lowest BCUT2D eigenvalue weighted by molar-refractivity contribution is -0.384. The quantitative estimate of drug-likeness (QED) is 0.418. The molecule has 22 heavy (non-hydrogen) atoms. The first-order valence-corrected chi connectivity index (χ1v) is 6.70. The molecule has 0 saturated carbocycles. The molecule has 6 heteroatoms. The van der Waals surface area contributed by atoms with Crippen LogP contribution in [0.1, 0.15) is 0 Å². The van der Waals surface area contributed by atoms with E-state index in [2.05, 4.69) is 4.98 Å². The minimum absolute atomic E-state index is 0.0594. The third-order valence-electron chi connectivity index (χ3n) is 3.79. The number of benzene rings is 2. The summed E-state index contributed by atoms with van der Waals surface area (Å²) in [4.78, 5) is 15.1. The first-order chi connectivity index (χ1) is 10.7. The molecule has 2 aromatic carbocycles. The molecule has 2 aromatic heterocycles. The van der Waals surface area contributed by atoms with Crippen molar-refractivity contribution >= 4 is 33.1 Å². The van der Waals surface area contributed by atoms with Gasteiger partial charge in [0.25, 0.3) is 5.69 Å². The molecule has 2 heterocycles. The standard InChI is InChI=1S/C16H11N3O3/c1-22-12-3-4-13-10(8-12)6-7-18-15-9-11(19(20)21)2-5-14(15)17-16(13)18/h2-9H,1H3. The molecule has 0 amide bonds. The summed E-state index contributed by atoms with van der Waals surface area (Å²) in [5.74, 6) is 0.781. The summed E-state index contributed by atoms with van der Waals surface area (Å²) in [6.45, 7) is 0. The van der Waals surface area contributed by atoms with Crippen molar-refractivity contribution in [3.8, 4) is 5.75 Å². The Morgan fingerprint density at radius 1 is 1.18 bits per heavy atom. The smallest absolute Gasteiger partial charge is 0.271 e. The zero-order valence-electron chi connectivity index (χ0n) is 11.7. The van der Waals surface area contributed by atoms with Crippen molar-refractivity contribution < 1.29 is 9.66 Å². The number of fused-ring (bicyclic) bond motifs is 5. The summed E-state index contributed by atoms with van der Waals surface area (Å²) in [5, 5.41) is 12.9. The van der Waals surface area contributed by atoms with Gasteiger partial charge in [0.2, 0.25) is 0 Å². The van der Waals surface area contributed by atoms with E-state index in [1.807, 2.05) is 34.9 Å². The zero-order chi connectivity index (χ0) is 15.3. The molecule has 0 saturated heterocycles. The van der Waals surface area contributed by atoms with Gasteiger partial charge in [-0.1, -0.05) is 0 Å². The van der Waals surface area contributed by atoms with Crippen LogP contribution in [0.3, 0.4) is 0 Å². The Morgan fingerprint density at radius 3 is 2.82 bits per heavy atom. The van der Waals surface area contributed by atoms with Crippen molar-refractivity contribution in [3.05, 3.63) is 58.8 Å². The Bertz CT molecular complexity index is 1050. The number of nitrogens with zero attached hydrogens (tertiary/aromatic N) is 3. The van der Waals surface area contributed by atoms with Crippen LogP contribution in [-0.2, 0) is 0 Å². The third-order valence-corrected chi connectivity index (χ3v) is 3.79. The molecule has 6 nitrogen and oxygen atoms in total. The van der Waals surface area contributed by atoms with E-state index in [1.54, 1.807) is 19.2 Å². The molecule has 0 fully saturated rings. The van der Waals surface area contributed by atoms with Crippen molar-refractivity contribution in [2.75, 3.05) is 7.11 Å². The van der Waals surface area contributed by atoms with Gasteiger partial charge in [0, 0.05) is 23.7 Å². The number of hydrogen-bond acceptors (Lipinski definition) is 4. The van der Waals surface area contributed by atoms with Gasteiger partial charge in [0.15, 0.2) is 0 Å². The van der Waals surface area contributed by atoms with Crippen LogP contribution in [0.15, 0.2) is 48.7 Å². The van der Waals surface area contributed by atoms with Crippen molar-refractivity contribution in [1.82, 2.24) is 9.38 Å². The Labute approximate surface area is 124 Å². The average molecular weight is 293 g/mol. The van der Waals surface area contributed by atoms with E-state index < -0.39 is 4.92 Å². The Balaban J connectivity index is 2.10. The van der Waals surface area contributed by atoms with Gasteiger partial charge in [-0.25, -0.2) is 4.98 Å². The molecule has 0 aliphatic rings. The lowest BCUT2D eigenvalue weighted by Gasteiger charge is -2.04. The fourth-order valence-electron chi connectivity index (χ4n) is 2.70. The molecule has 0 radical (unpaired) electrons. The van der Waals surface area contributed by atoms with E-state index in [0.717, 1.165) is 33.2 Å². The zero-order valence-corrected chi connectivity index (χ0v) is 11.7. The Kier molecular flexibility index (Phi) is 2.53. The highest BCUT2D eigenvalue weighted by Crippen LogP contribution is 2.28. The van der Waals surface area contributed by atoms with Gasteiger partial charge < -0.3 is 4.74 Å². The van der Waals surface area contributed by atoms with E-state index in [1.165, 1.54) is 6.07 Å². The van der Waals surface area contributed by atoms with Crippen LogP contribution in [0.4, 0.5) is 5.69 Å². The van der Waals surface area contributed by atoms with Crippen LogP contribution in [0.5, 0.6) is 5.75 Å². The molecule has 0 aliphatic heterocycles. The van der Waals surface area contributed by atoms with Crippen LogP contribution >= 0.6 is 0 Å². The normalized spacial score (nSPS) is 11.3. The fraction of sp³-hybridized carbons (Fsp3) is 0.0625. The van der Waals surface area contributed by atoms with E-state index in [-0.39, 0.29) is 5.69 Å². The minimum atomic E-state index is -0.398. The van der Waals surface area contributed by atoms with Gasteiger partial charge in [-0.15, -0.1) is 0 Å². The highest BCUT2D eigenvalue weighted by molar-refractivity contribution is 5.98. The summed E-state index contributed by atoms with van der Waals surface area (Å²) in [6, 6.07) is 12.4. The van der Waals surface area contributed by atoms with Gasteiger partial charge in [0.1, 0.15) is 11.4 Å². The SMILES string of the molecule is COc1ccc2c(ccn3c4cc([N+](=O)[O-])ccc4nc23)c1. The lowest BCUT2D eigenvalue weighted by atomic mass is 10.1. The van der Waals surface area contributed by atoms with Crippen molar-refractivity contribution in [3.63, 3.8) is 0 Å². The summed E-state index contributed by atoms with van der Waals surface area (Å²) < 4.78 is 7.11. The molecule has 0 unspecified atom stereocenters. The van der Waals surface area contributed by atoms with E-state index in [9.17, 15) is 10.1 Å². The highest BCUT2D eigenvalue weighted by atomic mass is 16.6. The molecule has 0 N–H and O–H groups in total. The Morgan fingerprint density at radius 2 is 2.05 bits per heavy atom. The molecule has 108 valence electrons. The fourth-order valence-corrected chi connectivity index (χ4v) is 2.70. The van der Waals surface area contributed by atoms with Crippen LogP contribution in [0.25, 0.3) is 27.5 Å². The number of rotatable bonds is 2. The van der Waals surface area contributed by atoms with Crippen LogP contribution in [0, 0.1) is 10.1 Å². The summed E-state index contributed by atoms with van der Waals surface area (Å²) in [6.07, 6.45) is 1.87. The number of ether oxygens (including phenoxy) is 1. The molecular formula is C16H11N3O3. The van der Waals surface area contributed by atoms with Gasteiger partial charge in [-0.3, -0.25) is 14.5 Å². The predicted molar refractivity (Wildman–Crippen MR) is 83.4 cm³/mol. The predicted octanol–water partition coefficient (Wildman–Crippen LogP) is 3.56. The number of hydrogen-bond donors (Lipinski definition) is 0. The number of methoxy groups -OCH3 is 1. The minimum Gasteiger partial charge on any atom is -0.497 e. The maximum Gasteiger partial charge on any atom is 0.271 e. The van der Waals surface area contributed by atoms with Gasteiger partial charge >= 0.3 is 0 Å².